The number of ether oxygens (including phenoxy) is 2. The Morgan fingerprint density at radius 2 is 2.11 bits per heavy atom. The minimum absolute atomic E-state index is 0.0428. The van der Waals surface area contributed by atoms with E-state index >= 15 is 0 Å². The molecule has 1 heterocycles. The minimum atomic E-state index is -0.507. The molecule has 8 heteroatoms. The predicted octanol–water partition coefficient (Wildman–Crippen LogP) is 0.699. The lowest BCUT2D eigenvalue weighted by atomic mass is 10.1. The number of nitrogen functional groups attached to an aromatic ring is 1. The summed E-state index contributed by atoms with van der Waals surface area (Å²) in [5, 5.41) is 6.41. The van der Waals surface area contributed by atoms with E-state index in [1.807, 2.05) is 0 Å². The molecular formula is C11H12N4O3S. The van der Waals surface area contributed by atoms with Crippen LogP contribution < -0.4 is 20.9 Å². The molecule has 1 aromatic carbocycles. The highest BCUT2D eigenvalue weighted by Gasteiger charge is 2.14. The molecule has 100 valence electrons. The van der Waals surface area contributed by atoms with E-state index in [1.54, 1.807) is 25.3 Å². The van der Waals surface area contributed by atoms with Crippen LogP contribution in [0.1, 0.15) is 0 Å². The number of nitrogens with one attached hydrogen (secondary N) is 1. The fourth-order valence-corrected chi connectivity index (χ4v) is 1.71. The number of hydrogen-bond donors (Lipinski definition) is 2. The lowest BCUT2D eigenvalue weighted by Gasteiger charge is -2.09. The Balaban J connectivity index is 2.69. The molecule has 0 aliphatic heterocycles. The minimum Gasteiger partial charge on any atom is -0.497 e. The molecule has 2 rings (SSSR count). The number of benzene rings is 1. The van der Waals surface area contributed by atoms with Crippen LogP contribution >= 0.6 is 12.2 Å². The summed E-state index contributed by atoms with van der Waals surface area (Å²) in [6, 6.07) is 5.01. The van der Waals surface area contributed by atoms with Crippen molar-refractivity contribution >= 4 is 12.2 Å². The van der Waals surface area contributed by atoms with E-state index < -0.39 is 5.56 Å². The molecule has 0 amide bonds. The Bertz CT molecular complexity index is 723. The summed E-state index contributed by atoms with van der Waals surface area (Å²) >= 11 is 4.82. The Kier molecular flexibility index (Phi) is 3.52. The average Bonchev–Trinajstić information content (AvgIpc) is 2.44. The van der Waals surface area contributed by atoms with Crippen molar-refractivity contribution < 1.29 is 9.47 Å². The highest BCUT2D eigenvalue weighted by Crippen LogP contribution is 2.30. The number of aromatic nitrogens is 3. The van der Waals surface area contributed by atoms with Crippen LogP contribution in [0.3, 0.4) is 0 Å². The normalized spacial score (nSPS) is 10.2. The monoisotopic (exact) mass is 280 g/mol. The van der Waals surface area contributed by atoms with E-state index in [9.17, 15) is 4.79 Å². The number of nitrogens with two attached hydrogens (primary N) is 1. The molecule has 0 atom stereocenters. The molecule has 0 unspecified atom stereocenters. The summed E-state index contributed by atoms with van der Waals surface area (Å²) in [6.45, 7) is 0. The topological polar surface area (TPSA) is 95.2 Å². The lowest BCUT2D eigenvalue weighted by molar-refractivity contribution is 0.395. The van der Waals surface area contributed by atoms with Gasteiger partial charge in [-0.1, -0.05) is 0 Å². The van der Waals surface area contributed by atoms with Gasteiger partial charge in [0.15, 0.2) is 5.69 Å². The van der Waals surface area contributed by atoms with Crippen molar-refractivity contribution in [1.82, 2.24) is 14.9 Å². The zero-order chi connectivity index (χ0) is 14.0. The largest absolute Gasteiger partial charge is 0.497 e. The zero-order valence-electron chi connectivity index (χ0n) is 10.3. The van der Waals surface area contributed by atoms with E-state index in [0.717, 1.165) is 4.68 Å². The summed E-state index contributed by atoms with van der Waals surface area (Å²) in [4.78, 5) is 12.0. The summed E-state index contributed by atoms with van der Waals surface area (Å²) in [5.74, 6) is 6.59. The fraction of sp³-hybridized carbons (Fsp3) is 0.182. The third-order valence-electron chi connectivity index (χ3n) is 2.57. The Morgan fingerprint density at radius 3 is 2.74 bits per heavy atom. The zero-order valence-corrected chi connectivity index (χ0v) is 11.2. The lowest BCUT2D eigenvalue weighted by Crippen LogP contribution is -2.31. The van der Waals surface area contributed by atoms with Crippen LogP contribution in [0.2, 0.25) is 0 Å². The second-order valence-corrected chi connectivity index (χ2v) is 4.01. The molecular weight excluding hydrogens is 268 g/mol. The fourth-order valence-electron chi connectivity index (χ4n) is 1.58. The van der Waals surface area contributed by atoms with Crippen LogP contribution in [0.4, 0.5) is 0 Å². The Labute approximate surface area is 113 Å². The van der Waals surface area contributed by atoms with E-state index in [2.05, 4.69) is 10.2 Å². The molecule has 0 fully saturated rings. The number of nitrogens with zero attached hydrogens (tertiary/aromatic N) is 2. The van der Waals surface area contributed by atoms with Crippen LogP contribution in [0.25, 0.3) is 11.3 Å². The Hall–Kier alpha value is -2.35. The van der Waals surface area contributed by atoms with Gasteiger partial charge in [0.25, 0.3) is 5.56 Å². The second-order valence-electron chi connectivity index (χ2n) is 3.62. The first-order valence-electron chi connectivity index (χ1n) is 5.27. The SMILES string of the molecule is COc1ccc(-c2n[nH]c(=S)n(N)c2=O)c(OC)c1. The number of hydrogen-bond acceptors (Lipinski definition) is 6. The molecule has 0 spiro atoms. The predicted molar refractivity (Wildman–Crippen MR) is 72.4 cm³/mol. The van der Waals surface area contributed by atoms with Crippen molar-refractivity contribution in [1.29, 1.82) is 0 Å². The average molecular weight is 280 g/mol. The van der Waals surface area contributed by atoms with Gasteiger partial charge in [0.2, 0.25) is 4.77 Å². The molecule has 19 heavy (non-hydrogen) atoms. The van der Waals surface area contributed by atoms with Gasteiger partial charge in [-0.15, -0.1) is 0 Å². The number of H-pyrrole nitrogens is 1. The van der Waals surface area contributed by atoms with Gasteiger partial charge in [0.1, 0.15) is 11.5 Å². The van der Waals surface area contributed by atoms with Crippen molar-refractivity contribution in [2.45, 2.75) is 0 Å². The summed E-state index contributed by atoms with van der Waals surface area (Å²) in [7, 11) is 3.03. The molecule has 7 nitrogen and oxygen atoms in total. The molecule has 0 bridgehead atoms. The highest BCUT2D eigenvalue weighted by molar-refractivity contribution is 7.71. The molecule has 0 saturated heterocycles. The van der Waals surface area contributed by atoms with Gasteiger partial charge in [0.05, 0.1) is 19.8 Å². The highest BCUT2D eigenvalue weighted by atomic mass is 32.1. The van der Waals surface area contributed by atoms with E-state index in [4.69, 9.17) is 27.5 Å². The van der Waals surface area contributed by atoms with Gasteiger partial charge >= 0.3 is 0 Å². The molecule has 1 aromatic heterocycles. The van der Waals surface area contributed by atoms with E-state index in [1.165, 1.54) is 7.11 Å². The molecule has 3 N–H and O–H groups in total. The van der Waals surface area contributed by atoms with E-state index in [-0.39, 0.29) is 10.5 Å². The molecule has 0 radical (unpaired) electrons. The molecule has 0 aliphatic carbocycles. The van der Waals surface area contributed by atoms with Crippen LogP contribution in [-0.2, 0) is 0 Å². The van der Waals surface area contributed by atoms with E-state index in [0.29, 0.717) is 17.1 Å². The van der Waals surface area contributed by atoms with Crippen molar-refractivity contribution in [3.8, 4) is 22.8 Å². The van der Waals surface area contributed by atoms with Crippen LogP contribution in [0, 0.1) is 4.77 Å². The van der Waals surface area contributed by atoms with Gasteiger partial charge in [-0.05, 0) is 24.4 Å². The first-order chi connectivity index (χ1) is 9.08. The number of aromatic amines is 1. The summed E-state index contributed by atoms with van der Waals surface area (Å²) < 4.78 is 11.2. The van der Waals surface area contributed by atoms with Crippen molar-refractivity contribution in [2.24, 2.45) is 0 Å². The van der Waals surface area contributed by atoms with Crippen molar-refractivity contribution in [3.05, 3.63) is 33.3 Å². The Morgan fingerprint density at radius 1 is 1.37 bits per heavy atom. The van der Waals surface area contributed by atoms with Crippen LogP contribution in [0.15, 0.2) is 23.0 Å². The van der Waals surface area contributed by atoms with Gasteiger partial charge in [-0.2, -0.15) is 9.77 Å². The smallest absolute Gasteiger partial charge is 0.299 e. The molecule has 2 aromatic rings. The van der Waals surface area contributed by atoms with Crippen LogP contribution in [-0.4, -0.2) is 29.1 Å². The van der Waals surface area contributed by atoms with Gasteiger partial charge < -0.3 is 15.3 Å². The maximum atomic E-state index is 12.0. The quantitative estimate of drug-likeness (QED) is 0.634. The maximum Gasteiger partial charge on any atom is 0.299 e. The van der Waals surface area contributed by atoms with Crippen molar-refractivity contribution in [3.63, 3.8) is 0 Å². The third-order valence-corrected chi connectivity index (χ3v) is 2.86. The van der Waals surface area contributed by atoms with Gasteiger partial charge in [-0.3, -0.25) is 9.89 Å². The van der Waals surface area contributed by atoms with Crippen molar-refractivity contribution in [2.75, 3.05) is 20.1 Å². The molecule has 0 aliphatic rings. The standard InChI is InChI=1S/C11H12N4O3S/c1-17-6-3-4-7(8(5-6)18-2)9-10(16)15(12)11(19)14-13-9/h3-5H,12H2,1-2H3,(H,14,19). The first kappa shape index (κ1) is 13.1. The van der Waals surface area contributed by atoms with Gasteiger partial charge in [-0.25, -0.2) is 0 Å². The molecule has 0 saturated carbocycles. The van der Waals surface area contributed by atoms with Crippen LogP contribution in [0.5, 0.6) is 11.5 Å². The first-order valence-corrected chi connectivity index (χ1v) is 5.68. The summed E-state index contributed by atoms with van der Waals surface area (Å²) in [5.41, 5.74) is 0.113. The number of methoxy groups -OCH3 is 2. The maximum absolute atomic E-state index is 12.0. The van der Waals surface area contributed by atoms with Gasteiger partial charge in [0, 0.05) is 6.07 Å². The second kappa shape index (κ2) is 5.11. The number of rotatable bonds is 3. The third kappa shape index (κ3) is 2.29. The summed E-state index contributed by atoms with van der Waals surface area (Å²) in [6.07, 6.45) is 0.